The average molecular weight is 222 g/mol. The van der Waals surface area contributed by atoms with Gasteiger partial charge in [-0.25, -0.2) is 0 Å². The largest absolute Gasteiger partial charge is 0.487 e. The lowest BCUT2D eigenvalue weighted by Crippen LogP contribution is -2.47. The van der Waals surface area contributed by atoms with Crippen LogP contribution in [0.5, 0.6) is 5.75 Å². The molecule has 16 heavy (non-hydrogen) atoms. The predicted octanol–water partition coefficient (Wildman–Crippen LogP) is 0.401. The maximum atomic E-state index is 11.3. The third kappa shape index (κ3) is 1.99. The van der Waals surface area contributed by atoms with Crippen LogP contribution >= 0.6 is 0 Å². The molecule has 1 aliphatic rings. The zero-order valence-electron chi connectivity index (χ0n) is 9.09. The van der Waals surface area contributed by atoms with Gasteiger partial charge in [-0.1, -0.05) is 0 Å². The van der Waals surface area contributed by atoms with Gasteiger partial charge >= 0.3 is 0 Å². The van der Waals surface area contributed by atoms with Gasteiger partial charge in [0.15, 0.2) is 5.72 Å². The first kappa shape index (κ1) is 10.9. The number of amides is 1. The van der Waals surface area contributed by atoms with Gasteiger partial charge in [-0.2, -0.15) is 0 Å². The number of pyridine rings is 1. The molecule has 2 heterocycles. The fourth-order valence-electron chi connectivity index (χ4n) is 1.68. The van der Waals surface area contributed by atoms with Crippen molar-refractivity contribution in [2.45, 2.75) is 18.6 Å². The van der Waals surface area contributed by atoms with E-state index in [1.807, 2.05) is 0 Å². The Bertz CT molecular complexity index is 382. The van der Waals surface area contributed by atoms with E-state index in [9.17, 15) is 9.90 Å². The molecule has 5 heteroatoms. The quantitative estimate of drug-likeness (QED) is 0.804. The summed E-state index contributed by atoms with van der Waals surface area (Å²) in [4.78, 5) is 16.5. The highest BCUT2D eigenvalue weighted by Crippen LogP contribution is 2.26. The van der Waals surface area contributed by atoms with Crippen LogP contribution in [0, 0.1) is 0 Å². The molecule has 1 atom stereocenters. The second kappa shape index (κ2) is 4.09. The van der Waals surface area contributed by atoms with Crippen LogP contribution in [0.4, 0.5) is 0 Å². The molecular weight excluding hydrogens is 208 g/mol. The average Bonchev–Trinajstić information content (AvgIpc) is 2.57. The van der Waals surface area contributed by atoms with Crippen LogP contribution in [-0.4, -0.2) is 40.3 Å². The first-order valence-corrected chi connectivity index (χ1v) is 5.14. The zero-order chi connectivity index (χ0) is 11.6. The lowest BCUT2D eigenvalue weighted by atomic mass is 10.2. The first-order valence-electron chi connectivity index (χ1n) is 5.14. The van der Waals surface area contributed by atoms with E-state index in [1.54, 1.807) is 31.6 Å². The van der Waals surface area contributed by atoms with Crippen molar-refractivity contribution in [3.05, 3.63) is 24.5 Å². The number of aliphatic hydroxyl groups is 1. The molecule has 2 rings (SSSR count). The second-order valence-electron chi connectivity index (χ2n) is 3.91. The molecular formula is C11H14N2O3. The Kier molecular flexibility index (Phi) is 2.78. The molecule has 0 saturated carbocycles. The Hall–Kier alpha value is -1.62. The van der Waals surface area contributed by atoms with Gasteiger partial charge < -0.3 is 14.7 Å². The van der Waals surface area contributed by atoms with Crippen LogP contribution in [0.15, 0.2) is 24.5 Å². The fourth-order valence-corrected chi connectivity index (χ4v) is 1.68. The van der Waals surface area contributed by atoms with E-state index in [0.29, 0.717) is 18.6 Å². The van der Waals surface area contributed by atoms with E-state index < -0.39 is 5.72 Å². The molecule has 1 aliphatic heterocycles. The van der Waals surface area contributed by atoms with E-state index >= 15 is 0 Å². The minimum atomic E-state index is -1.19. The van der Waals surface area contributed by atoms with Crippen molar-refractivity contribution < 1.29 is 14.6 Å². The summed E-state index contributed by atoms with van der Waals surface area (Å²) < 4.78 is 5.41. The number of ether oxygens (including phenoxy) is 1. The molecule has 0 unspecified atom stereocenters. The van der Waals surface area contributed by atoms with Crippen molar-refractivity contribution >= 4 is 5.91 Å². The third-order valence-electron chi connectivity index (χ3n) is 2.84. The Morgan fingerprint density at radius 2 is 2.50 bits per heavy atom. The van der Waals surface area contributed by atoms with Gasteiger partial charge in [-0.3, -0.25) is 9.78 Å². The maximum absolute atomic E-state index is 11.3. The number of rotatable bonds is 3. The van der Waals surface area contributed by atoms with Crippen LogP contribution in [0.1, 0.15) is 12.8 Å². The predicted molar refractivity (Wildman–Crippen MR) is 56.7 cm³/mol. The molecule has 1 fully saturated rings. The molecule has 0 bridgehead atoms. The van der Waals surface area contributed by atoms with E-state index in [-0.39, 0.29) is 12.5 Å². The monoisotopic (exact) mass is 222 g/mol. The summed E-state index contributed by atoms with van der Waals surface area (Å²) in [6.45, 7) is 0.0704. The molecule has 0 aliphatic carbocycles. The second-order valence-corrected chi connectivity index (χ2v) is 3.91. The number of nitrogens with zero attached hydrogens (tertiary/aromatic N) is 2. The van der Waals surface area contributed by atoms with Crippen molar-refractivity contribution in [2.24, 2.45) is 0 Å². The summed E-state index contributed by atoms with van der Waals surface area (Å²) in [6.07, 6.45) is 3.99. The van der Waals surface area contributed by atoms with Crippen molar-refractivity contribution in [1.29, 1.82) is 0 Å². The van der Waals surface area contributed by atoms with Crippen molar-refractivity contribution in [1.82, 2.24) is 9.88 Å². The van der Waals surface area contributed by atoms with Crippen molar-refractivity contribution in [3.63, 3.8) is 0 Å². The smallest absolute Gasteiger partial charge is 0.224 e. The minimum Gasteiger partial charge on any atom is -0.487 e. The lowest BCUT2D eigenvalue weighted by molar-refractivity contribution is -0.146. The molecule has 0 spiro atoms. The zero-order valence-corrected chi connectivity index (χ0v) is 9.09. The molecule has 1 aromatic rings. The molecule has 0 aromatic carbocycles. The van der Waals surface area contributed by atoms with Gasteiger partial charge in [-0.15, -0.1) is 0 Å². The Balaban J connectivity index is 1.98. The van der Waals surface area contributed by atoms with Gasteiger partial charge in [0.2, 0.25) is 5.91 Å². The highest BCUT2D eigenvalue weighted by atomic mass is 16.5. The van der Waals surface area contributed by atoms with Gasteiger partial charge in [0, 0.05) is 26.1 Å². The van der Waals surface area contributed by atoms with Crippen LogP contribution < -0.4 is 4.74 Å². The fraction of sp³-hybridized carbons (Fsp3) is 0.455. The van der Waals surface area contributed by atoms with Crippen LogP contribution in [0.2, 0.25) is 0 Å². The summed E-state index contributed by atoms with van der Waals surface area (Å²) in [5.74, 6) is 0.529. The molecule has 86 valence electrons. The molecule has 5 nitrogen and oxygen atoms in total. The molecule has 0 radical (unpaired) electrons. The summed E-state index contributed by atoms with van der Waals surface area (Å²) in [6, 6.07) is 3.51. The number of aromatic nitrogens is 1. The lowest BCUT2D eigenvalue weighted by Gasteiger charge is -2.30. The minimum absolute atomic E-state index is 0.0581. The molecule has 1 aromatic heterocycles. The van der Waals surface area contributed by atoms with E-state index in [2.05, 4.69) is 4.98 Å². The highest BCUT2D eigenvalue weighted by molar-refractivity contribution is 5.78. The topological polar surface area (TPSA) is 62.7 Å². The third-order valence-corrected chi connectivity index (χ3v) is 2.84. The van der Waals surface area contributed by atoms with Crippen molar-refractivity contribution in [2.75, 3.05) is 13.7 Å². The molecule has 1 amide bonds. The number of likely N-dealkylation sites (N-methyl/N-ethyl adjacent to an activating group) is 1. The summed E-state index contributed by atoms with van der Waals surface area (Å²) >= 11 is 0. The molecule has 1 N–H and O–H groups in total. The highest BCUT2D eigenvalue weighted by Gasteiger charge is 2.42. The van der Waals surface area contributed by atoms with Crippen LogP contribution in [0.25, 0.3) is 0 Å². The Morgan fingerprint density at radius 3 is 3.06 bits per heavy atom. The Labute approximate surface area is 93.7 Å². The standard InChI is InChI=1S/C11H14N2O3/c1-13-10(14)4-5-11(13,15)8-16-9-3-2-6-12-7-9/h2-3,6-7,15H,4-5,8H2,1H3/t11-/m0/s1. The van der Waals surface area contributed by atoms with E-state index in [0.717, 1.165) is 0 Å². The number of hydrogen-bond donors (Lipinski definition) is 1. The van der Waals surface area contributed by atoms with Gasteiger partial charge in [-0.05, 0) is 12.1 Å². The van der Waals surface area contributed by atoms with Crippen molar-refractivity contribution in [3.8, 4) is 5.75 Å². The normalized spacial score (nSPS) is 24.9. The van der Waals surface area contributed by atoms with Crippen LogP contribution in [-0.2, 0) is 4.79 Å². The summed E-state index contributed by atoms with van der Waals surface area (Å²) in [7, 11) is 1.59. The first-order chi connectivity index (χ1) is 7.62. The number of carbonyl (C=O) groups excluding carboxylic acids is 1. The maximum Gasteiger partial charge on any atom is 0.224 e. The SMILES string of the molecule is CN1C(=O)CC[C@]1(O)COc1cccnc1. The molecule has 1 saturated heterocycles. The van der Waals surface area contributed by atoms with Gasteiger partial charge in [0.1, 0.15) is 12.4 Å². The van der Waals surface area contributed by atoms with E-state index in [1.165, 1.54) is 4.90 Å². The van der Waals surface area contributed by atoms with E-state index in [4.69, 9.17) is 4.74 Å². The van der Waals surface area contributed by atoms with Gasteiger partial charge in [0.05, 0.1) is 6.20 Å². The summed E-state index contributed by atoms with van der Waals surface area (Å²) in [5.41, 5.74) is -1.19. The summed E-state index contributed by atoms with van der Waals surface area (Å²) in [5, 5.41) is 10.2. The number of hydrogen-bond acceptors (Lipinski definition) is 4. The van der Waals surface area contributed by atoms with Gasteiger partial charge in [0.25, 0.3) is 0 Å². The number of likely N-dealkylation sites (tertiary alicyclic amines) is 1. The number of carbonyl (C=O) groups is 1. The Morgan fingerprint density at radius 1 is 1.69 bits per heavy atom. The van der Waals surface area contributed by atoms with Crippen LogP contribution in [0.3, 0.4) is 0 Å².